The van der Waals surface area contributed by atoms with Crippen LogP contribution in [0.15, 0.2) is 30.3 Å². The zero-order valence-electron chi connectivity index (χ0n) is 13.7. The maximum atomic E-state index is 12.1. The lowest BCUT2D eigenvalue weighted by atomic mass is 9.81. The summed E-state index contributed by atoms with van der Waals surface area (Å²) in [6, 6.07) is 9.60. The molecule has 0 bridgehead atoms. The van der Waals surface area contributed by atoms with Crippen LogP contribution in [0.2, 0.25) is 0 Å². The molecular formula is C16H23ClN6O. The smallest absolute Gasteiger partial charge is 0.243 e. The van der Waals surface area contributed by atoms with Crippen LogP contribution in [-0.2, 0) is 11.3 Å². The van der Waals surface area contributed by atoms with E-state index < -0.39 is 0 Å². The van der Waals surface area contributed by atoms with Gasteiger partial charge in [0.1, 0.15) is 6.54 Å². The van der Waals surface area contributed by atoms with Gasteiger partial charge in [-0.05, 0) is 36.6 Å². The van der Waals surface area contributed by atoms with Gasteiger partial charge < -0.3 is 10.6 Å². The molecule has 0 radical (unpaired) electrons. The number of amides is 1. The van der Waals surface area contributed by atoms with Crippen molar-refractivity contribution in [3.8, 4) is 11.4 Å². The van der Waals surface area contributed by atoms with Crippen LogP contribution in [0.5, 0.6) is 0 Å². The van der Waals surface area contributed by atoms with Gasteiger partial charge in [0, 0.05) is 12.1 Å². The predicted octanol–water partition coefficient (Wildman–Crippen LogP) is 1.27. The fraction of sp³-hybridized carbons (Fsp3) is 0.500. The summed E-state index contributed by atoms with van der Waals surface area (Å²) in [6.07, 6.45) is 2.15. The molecule has 0 spiro atoms. The van der Waals surface area contributed by atoms with Crippen molar-refractivity contribution in [3.63, 3.8) is 0 Å². The van der Waals surface area contributed by atoms with Crippen molar-refractivity contribution in [2.75, 3.05) is 19.6 Å². The Labute approximate surface area is 147 Å². The number of halogens is 1. The van der Waals surface area contributed by atoms with Gasteiger partial charge >= 0.3 is 0 Å². The lowest BCUT2D eigenvalue weighted by molar-refractivity contribution is -0.122. The summed E-state index contributed by atoms with van der Waals surface area (Å²) < 4.78 is 0. The Hall–Kier alpha value is -1.99. The fourth-order valence-electron chi connectivity index (χ4n) is 2.72. The largest absolute Gasteiger partial charge is 0.354 e. The molecule has 1 aromatic heterocycles. The Morgan fingerprint density at radius 1 is 1.29 bits per heavy atom. The van der Waals surface area contributed by atoms with Gasteiger partial charge in [0.15, 0.2) is 0 Å². The molecule has 1 saturated heterocycles. The molecule has 130 valence electrons. The molecule has 1 aliphatic rings. The van der Waals surface area contributed by atoms with E-state index >= 15 is 0 Å². The monoisotopic (exact) mass is 350 g/mol. The maximum Gasteiger partial charge on any atom is 0.243 e. The molecule has 0 aliphatic carbocycles. The first-order valence-corrected chi connectivity index (χ1v) is 7.95. The zero-order chi connectivity index (χ0) is 16.1. The molecule has 3 rings (SSSR count). The second-order valence-electron chi connectivity index (χ2n) is 6.35. The van der Waals surface area contributed by atoms with Crippen molar-refractivity contribution in [1.29, 1.82) is 0 Å². The Balaban J connectivity index is 0.00000208. The predicted molar refractivity (Wildman–Crippen MR) is 93.7 cm³/mol. The molecule has 2 N–H and O–H groups in total. The van der Waals surface area contributed by atoms with Crippen molar-refractivity contribution >= 4 is 18.3 Å². The molecule has 1 aliphatic heterocycles. The summed E-state index contributed by atoms with van der Waals surface area (Å²) in [5, 5.41) is 18.5. The Bertz CT molecular complexity index is 654. The molecule has 0 atom stereocenters. The normalized spacial score (nSPS) is 16.2. The van der Waals surface area contributed by atoms with Gasteiger partial charge in [-0.15, -0.1) is 22.6 Å². The number of rotatable bonds is 5. The summed E-state index contributed by atoms with van der Waals surface area (Å²) in [5.41, 5.74) is 1.06. The topological polar surface area (TPSA) is 84.7 Å². The highest BCUT2D eigenvalue weighted by atomic mass is 35.5. The molecule has 8 heteroatoms. The number of hydrogen-bond acceptors (Lipinski definition) is 5. The Morgan fingerprint density at radius 3 is 2.71 bits per heavy atom. The maximum absolute atomic E-state index is 12.1. The van der Waals surface area contributed by atoms with Gasteiger partial charge in [0.2, 0.25) is 11.7 Å². The average molecular weight is 351 g/mol. The van der Waals surface area contributed by atoms with Crippen molar-refractivity contribution in [1.82, 2.24) is 30.8 Å². The second-order valence-corrected chi connectivity index (χ2v) is 6.35. The van der Waals surface area contributed by atoms with Crippen LogP contribution in [0, 0.1) is 5.41 Å². The first-order valence-electron chi connectivity index (χ1n) is 7.95. The third kappa shape index (κ3) is 4.75. The minimum absolute atomic E-state index is 0. The third-order valence-corrected chi connectivity index (χ3v) is 4.29. The van der Waals surface area contributed by atoms with Crippen LogP contribution >= 0.6 is 12.4 Å². The van der Waals surface area contributed by atoms with E-state index in [0.29, 0.717) is 12.4 Å². The van der Waals surface area contributed by atoms with Crippen molar-refractivity contribution in [3.05, 3.63) is 30.3 Å². The number of piperidine rings is 1. The van der Waals surface area contributed by atoms with E-state index in [4.69, 9.17) is 0 Å². The summed E-state index contributed by atoms with van der Waals surface area (Å²) in [5.74, 6) is 0.450. The first-order chi connectivity index (χ1) is 11.1. The number of nitrogens with one attached hydrogen (secondary N) is 2. The Morgan fingerprint density at radius 2 is 2.00 bits per heavy atom. The van der Waals surface area contributed by atoms with Crippen molar-refractivity contribution in [2.24, 2.45) is 5.41 Å². The van der Waals surface area contributed by atoms with Crippen LogP contribution in [-0.4, -0.2) is 45.7 Å². The number of carbonyl (C=O) groups excluding carboxylic acids is 1. The minimum Gasteiger partial charge on any atom is -0.354 e. The highest BCUT2D eigenvalue weighted by molar-refractivity contribution is 5.85. The molecule has 1 fully saturated rings. The van der Waals surface area contributed by atoms with Gasteiger partial charge in [-0.3, -0.25) is 4.79 Å². The Kier molecular flexibility index (Phi) is 6.28. The number of hydrogen-bond donors (Lipinski definition) is 2. The standard InChI is InChI=1S/C16H22N6O.ClH/c1-16(7-9-17-10-8-16)12-18-14(23)11-22-20-15(19-21-22)13-5-3-2-4-6-13;/h2-6,17H,7-12H2,1H3,(H,18,23);1H. The van der Waals surface area contributed by atoms with E-state index in [9.17, 15) is 4.79 Å². The average Bonchev–Trinajstić information content (AvgIpc) is 3.03. The third-order valence-electron chi connectivity index (χ3n) is 4.29. The van der Waals surface area contributed by atoms with Gasteiger partial charge in [-0.1, -0.05) is 37.3 Å². The second kappa shape index (κ2) is 8.21. The van der Waals surface area contributed by atoms with E-state index in [1.165, 1.54) is 4.80 Å². The summed E-state index contributed by atoms with van der Waals surface area (Å²) in [7, 11) is 0. The van der Waals surface area contributed by atoms with Gasteiger partial charge in [-0.2, -0.15) is 4.80 Å². The summed E-state index contributed by atoms with van der Waals surface area (Å²) >= 11 is 0. The summed E-state index contributed by atoms with van der Waals surface area (Å²) in [6.45, 7) is 5.02. The molecule has 1 aromatic carbocycles. The van der Waals surface area contributed by atoms with E-state index in [-0.39, 0.29) is 30.3 Å². The lowest BCUT2D eigenvalue weighted by Crippen LogP contribution is -2.43. The minimum atomic E-state index is -0.0817. The van der Waals surface area contributed by atoms with E-state index in [1.807, 2.05) is 30.3 Å². The van der Waals surface area contributed by atoms with Crippen LogP contribution in [0.3, 0.4) is 0 Å². The summed E-state index contributed by atoms with van der Waals surface area (Å²) in [4.78, 5) is 13.4. The van der Waals surface area contributed by atoms with E-state index in [1.54, 1.807) is 0 Å². The molecule has 0 unspecified atom stereocenters. The first kappa shape index (κ1) is 18.4. The van der Waals surface area contributed by atoms with Gasteiger partial charge in [-0.25, -0.2) is 0 Å². The van der Waals surface area contributed by atoms with E-state index in [2.05, 4.69) is 33.0 Å². The molecule has 7 nitrogen and oxygen atoms in total. The zero-order valence-corrected chi connectivity index (χ0v) is 14.6. The SMILES string of the molecule is CC1(CNC(=O)Cn2nnc(-c3ccccc3)n2)CCNCC1.Cl. The number of nitrogens with zero attached hydrogens (tertiary/aromatic N) is 4. The highest BCUT2D eigenvalue weighted by Crippen LogP contribution is 2.26. The van der Waals surface area contributed by atoms with Crippen molar-refractivity contribution < 1.29 is 4.79 Å². The van der Waals surface area contributed by atoms with Crippen LogP contribution in [0.4, 0.5) is 0 Å². The number of aromatic nitrogens is 4. The fourth-order valence-corrected chi connectivity index (χ4v) is 2.72. The quantitative estimate of drug-likeness (QED) is 0.848. The lowest BCUT2D eigenvalue weighted by Gasteiger charge is -2.34. The van der Waals surface area contributed by atoms with E-state index in [0.717, 1.165) is 31.5 Å². The molecular weight excluding hydrogens is 328 g/mol. The molecule has 2 heterocycles. The van der Waals surface area contributed by atoms with Crippen LogP contribution in [0.25, 0.3) is 11.4 Å². The van der Waals surface area contributed by atoms with Crippen LogP contribution < -0.4 is 10.6 Å². The molecule has 2 aromatic rings. The highest BCUT2D eigenvalue weighted by Gasteiger charge is 2.27. The van der Waals surface area contributed by atoms with Crippen LogP contribution in [0.1, 0.15) is 19.8 Å². The number of carbonyl (C=O) groups is 1. The molecule has 24 heavy (non-hydrogen) atoms. The number of benzene rings is 1. The molecule has 1 amide bonds. The number of tetrazole rings is 1. The van der Waals surface area contributed by atoms with Gasteiger partial charge in [0.05, 0.1) is 0 Å². The molecule has 0 saturated carbocycles. The van der Waals surface area contributed by atoms with Gasteiger partial charge in [0.25, 0.3) is 0 Å². The van der Waals surface area contributed by atoms with Crippen molar-refractivity contribution in [2.45, 2.75) is 26.3 Å².